The van der Waals surface area contributed by atoms with Gasteiger partial charge in [-0.25, -0.2) is 0 Å². The number of β-amino-alcohol motifs (C(OH)–C–C–N with tert-alkyl or cyclic N) is 1. The molecule has 3 rings (SSSR count). The second kappa shape index (κ2) is 8.28. The second-order valence-corrected chi connectivity index (χ2v) is 6.64. The van der Waals surface area contributed by atoms with Crippen molar-refractivity contribution >= 4 is 5.91 Å². The molecule has 1 saturated heterocycles. The van der Waals surface area contributed by atoms with E-state index in [9.17, 15) is 9.90 Å². The Morgan fingerprint density at radius 2 is 1.80 bits per heavy atom. The van der Waals surface area contributed by atoms with Crippen LogP contribution in [0.1, 0.15) is 40.4 Å². The molecule has 0 saturated carbocycles. The molecule has 2 aromatic rings. The van der Waals surface area contributed by atoms with Crippen molar-refractivity contribution in [3.63, 3.8) is 0 Å². The first-order valence-electron chi connectivity index (χ1n) is 9.00. The lowest BCUT2D eigenvalue weighted by atomic mass is 10.0. The number of benzene rings is 2. The van der Waals surface area contributed by atoms with E-state index in [2.05, 4.69) is 29.3 Å². The first kappa shape index (κ1) is 17.6. The van der Waals surface area contributed by atoms with Gasteiger partial charge in [-0.05, 0) is 35.6 Å². The van der Waals surface area contributed by atoms with Gasteiger partial charge in [0.1, 0.15) is 0 Å². The maximum atomic E-state index is 12.5. The van der Waals surface area contributed by atoms with Gasteiger partial charge in [0, 0.05) is 31.7 Å². The van der Waals surface area contributed by atoms with Crippen molar-refractivity contribution in [1.29, 1.82) is 0 Å². The molecule has 132 valence electrons. The fourth-order valence-corrected chi connectivity index (χ4v) is 3.40. The van der Waals surface area contributed by atoms with Crippen molar-refractivity contribution in [3.05, 3.63) is 70.8 Å². The van der Waals surface area contributed by atoms with Gasteiger partial charge in [-0.2, -0.15) is 0 Å². The van der Waals surface area contributed by atoms with Crippen LogP contribution >= 0.6 is 0 Å². The SMILES string of the molecule is CCc1ccccc1C(=O)NCc1ccccc1CN1CC[C@@H](O)C1. The van der Waals surface area contributed by atoms with Crippen LogP contribution in [-0.4, -0.2) is 35.1 Å². The van der Waals surface area contributed by atoms with Crippen LogP contribution in [0.2, 0.25) is 0 Å². The molecule has 1 aliphatic heterocycles. The van der Waals surface area contributed by atoms with Gasteiger partial charge >= 0.3 is 0 Å². The predicted molar refractivity (Wildman–Crippen MR) is 99.3 cm³/mol. The van der Waals surface area contributed by atoms with Crippen LogP contribution in [0.4, 0.5) is 0 Å². The van der Waals surface area contributed by atoms with Gasteiger partial charge in [0.2, 0.25) is 0 Å². The van der Waals surface area contributed by atoms with Gasteiger partial charge < -0.3 is 10.4 Å². The number of nitrogens with one attached hydrogen (secondary N) is 1. The summed E-state index contributed by atoms with van der Waals surface area (Å²) in [6, 6.07) is 16.0. The fourth-order valence-electron chi connectivity index (χ4n) is 3.40. The molecule has 0 radical (unpaired) electrons. The molecule has 0 bridgehead atoms. The zero-order valence-electron chi connectivity index (χ0n) is 14.7. The highest BCUT2D eigenvalue weighted by atomic mass is 16.3. The molecule has 1 fully saturated rings. The molecular weight excluding hydrogens is 312 g/mol. The van der Waals surface area contributed by atoms with Crippen LogP contribution in [-0.2, 0) is 19.5 Å². The van der Waals surface area contributed by atoms with Gasteiger partial charge in [-0.3, -0.25) is 9.69 Å². The van der Waals surface area contributed by atoms with E-state index in [-0.39, 0.29) is 12.0 Å². The standard InChI is InChI=1S/C21H26N2O2/c1-2-16-7-5-6-10-20(16)21(25)22-13-17-8-3-4-9-18(17)14-23-12-11-19(24)15-23/h3-10,19,24H,2,11-15H2,1H3,(H,22,25)/t19-/m1/s1. The summed E-state index contributed by atoms with van der Waals surface area (Å²) < 4.78 is 0. The average Bonchev–Trinajstić information content (AvgIpc) is 3.05. The quantitative estimate of drug-likeness (QED) is 0.851. The molecule has 4 nitrogen and oxygen atoms in total. The number of hydrogen-bond acceptors (Lipinski definition) is 3. The Bertz CT molecular complexity index is 729. The molecule has 1 aliphatic rings. The monoisotopic (exact) mass is 338 g/mol. The zero-order valence-corrected chi connectivity index (χ0v) is 14.7. The summed E-state index contributed by atoms with van der Waals surface area (Å²) in [6.45, 7) is 5.04. The summed E-state index contributed by atoms with van der Waals surface area (Å²) in [6.07, 6.45) is 1.47. The van der Waals surface area contributed by atoms with Crippen LogP contribution in [0.25, 0.3) is 0 Å². The van der Waals surface area contributed by atoms with Crippen molar-refractivity contribution in [2.75, 3.05) is 13.1 Å². The third-order valence-electron chi connectivity index (χ3n) is 4.84. The van der Waals surface area contributed by atoms with Gasteiger partial charge in [0.05, 0.1) is 6.10 Å². The third-order valence-corrected chi connectivity index (χ3v) is 4.84. The lowest BCUT2D eigenvalue weighted by Crippen LogP contribution is -2.26. The summed E-state index contributed by atoms with van der Waals surface area (Å²) in [4.78, 5) is 14.8. The van der Waals surface area contributed by atoms with E-state index in [4.69, 9.17) is 0 Å². The van der Waals surface area contributed by atoms with Crippen LogP contribution in [0.3, 0.4) is 0 Å². The molecule has 0 aromatic heterocycles. The number of hydrogen-bond donors (Lipinski definition) is 2. The van der Waals surface area contributed by atoms with Crippen molar-refractivity contribution in [1.82, 2.24) is 10.2 Å². The number of carbonyl (C=O) groups is 1. The summed E-state index contributed by atoms with van der Waals surface area (Å²) >= 11 is 0. The predicted octanol–water partition coefficient (Wildman–Crippen LogP) is 2.75. The number of likely N-dealkylation sites (tertiary alicyclic amines) is 1. The van der Waals surface area contributed by atoms with Gasteiger partial charge in [0.25, 0.3) is 5.91 Å². The number of aliphatic hydroxyl groups is 1. The average molecular weight is 338 g/mol. The van der Waals surface area contributed by atoms with Crippen LogP contribution in [0, 0.1) is 0 Å². The Hall–Kier alpha value is -2.17. The fraction of sp³-hybridized carbons (Fsp3) is 0.381. The summed E-state index contributed by atoms with van der Waals surface area (Å²) in [7, 11) is 0. The topological polar surface area (TPSA) is 52.6 Å². The second-order valence-electron chi connectivity index (χ2n) is 6.64. The third kappa shape index (κ3) is 4.47. The summed E-state index contributed by atoms with van der Waals surface area (Å²) in [5, 5.41) is 12.8. The number of aryl methyl sites for hydroxylation is 1. The smallest absolute Gasteiger partial charge is 0.251 e. The Balaban J connectivity index is 1.66. The van der Waals surface area contributed by atoms with E-state index in [0.717, 1.165) is 49.2 Å². The minimum absolute atomic E-state index is 0.0242. The highest BCUT2D eigenvalue weighted by molar-refractivity contribution is 5.95. The zero-order chi connectivity index (χ0) is 17.6. The summed E-state index contributed by atoms with van der Waals surface area (Å²) in [5.74, 6) is -0.0242. The van der Waals surface area contributed by atoms with E-state index in [0.29, 0.717) is 6.54 Å². The maximum absolute atomic E-state index is 12.5. The van der Waals surface area contributed by atoms with Crippen LogP contribution in [0.5, 0.6) is 0 Å². The molecule has 1 amide bonds. The minimum atomic E-state index is -0.211. The van der Waals surface area contributed by atoms with Gasteiger partial charge in [-0.15, -0.1) is 0 Å². The molecule has 1 atom stereocenters. The number of aliphatic hydroxyl groups excluding tert-OH is 1. The molecule has 0 unspecified atom stereocenters. The highest BCUT2D eigenvalue weighted by Gasteiger charge is 2.20. The maximum Gasteiger partial charge on any atom is 0.251 e. The van der Waals surface area contributed by atoms with Crippen molar-refractivity contribution in [2.45, 2.75) is 39.0 Å². The number of rotatable bonds is 6. The normalized spacial score (nSPS) is 17.6. The molecule has 0 aliphatic carbocycles. The molecule has 2 N–H and O–H groups in total. The molecule has 0 spiro atoms. The summed E-state index contributed by atoms with van der Waals surface area (Å²) in [5.41, 5.74) is 4.16. The van der Waals surface area contributed by atoms with Crippen molar-refractivity contribution in [3.8, 4) is 0 Å². The van der Waals surface area contributed by atoms with Crippen molar-refractivity contribution < 1.29 is 9.90 Å². The molecule has 25 heavy (non-hydrogen) atoms. The Morgan fingerprint density at radius 3 is 2.48 bits per heavy atom. The number of nitrogens with zero attached hydrogens (tertiary/aromatic N) is 1. The molecule has 1 heterocycles. The van der Waals surface area contributed by atoms with E-state index in [1.54, 1.807) is 0 Å². The molecule has 2 aromatic carbocycles. The number of amides is 1. The number of carbonyl (C=O) groups excluding carboxylic acids is 1. The minimum Gasteiger partial charge on any atom is -0.392 e. The lowest BCUT2D eigenvalue weighted by Gasteiger charge is -2.18. The highest BCUT2D eigenvalue weighted by Crippen LogP contribution is 2.17. The van der Waals surface area contributed by atoms with Gasteiger partial charge in [-0.1, -0.05) is 49.4 Å². The first-order chi connectivity index (χ1) is 12.2. The Labute approximate surface area is 149 Å². The van der Waals surface area contributed by atoms with E-state index in [1.165, 1.54) is 5.56 Å². The van der Waals surface area contributed by atoms with E-state index in [1.807, 2.05) is 36.4 Å². The first-order valence-corrected chi connectivity index (χ1v) is 9.00. The lowest BCUT2D eigenvalue weighted by molar-refractivity contribution is 0.0950. The van der Waals surface area contributed by atoms with Crippen LogP contribution < -0.4 is 5.32 Å². The Morgan fingerprint density at radius 1 is 1.12 bits per heavy atom. The van der Waals surface area contributed by atoms with E-state index >= 15 is 0 Å². The Kier molecular flexibility index (Phi) is 5.84. The molecule has 4 heteroatoms. The van der Waals surface area contributed by atoms with Crippen LogP contribution in [0.15, 0.2) is 48.5 Å². The van der Waals surface area contributed by atoms with E-state index < -0.39 is 0 Å². The largest absolute Gasteiger partial charge is 0.392 e. The molecular formula is C21H26N2O2. The van der Waals surface area contributed by atoms with Gasteiger partial charge in [0.15, 0.2) is 0 Å². The van der Waals surface area contributed by atoms with Crippen molar-refractivity contribution in [2.24, 2.45) is 0 Å².